The van der Waals surface area contributed by atoms with Gasteiger partial charge in [-0.05, 0) is 106 Å². The van der Waals surface area contributed by atoms with Crippen LogP contribution in [0.1, 0.15) is 25.0 Å². The number of rotatable bonds is 4. The summed E-state index contributed by atoms with van der Waals surface area (Å²) in [6.07, 6.45) is 5.61. The molecule has 0 radical (unpaired) electrons. The van der Waals surface area contributed by atoms with Crippen molar-refractivity contribution in [1.29, 1.82) is 0 Å². The van der Waals surface area contributed by atoms with Crippen LogP contribution in [-0.2, 0) is 5.41 Å². The molecule has 0 aliphatic heterocycles. The van der Waals surface area contributed by atoms with Crippen LogP contribution in [0.3, 0.4) is 0 Å². The summed E-state index contributed by atoms with van der Waals surface area (Å²) in [6, 6.07) is 48.2. The molecule has 3 aromatic heterocycles. The predicted molar refractivity (Wildman–Crippen MR) is 190 cm³/mol. The van der Waals surface area contributed by atoms with E-state index in [1.54, 1.807) is 0 Å². The van der Waals surface area contributed by atoms with E-state index in [1.807, 2.05) is 36.8 Å². The molecule has 0 fully saturated rings. The monoisotopic (exact) mass is 589 g/mol. The molecule has 0 N–H and O–H groups in total. The van der Waals surface area contributed by atoms with Crippen LogP contribution in [0.15, 0.2) is 152 Å². The van der Waals surface area contributed by atoms with Crippen molar-refractivity contribution >= 4 is 21.8 Å². The second-order valence-corrected chi connectivity index (χ2v) is 12.7. The first-order valence-corrected chi connectivity index (χ1v) is 15.8. The van der Waals surface area contributed by atoms with Crippen LogP contribution >= 0.6 is 0 Å². The highest BCUT2D eigenvalue weighted by Crippen LogP contribution is 2.53. The molecule has 8 aromatic rings. The van der Waals surface area contributed by atoms with Crippen molar-refractivity contribution in [1.82, 2.24) is 14.5 Å². The zero-order chi connectivity index (χ0) is 30.8. The Labute approximate surface area is 268 Å². The standard InChI is InChI=1S/C43H31N3/c1-43(2)37-15-7-6-14-34(37)35-18-20-40-41(42(35)43)36-26-28(17-19-39(36)46(40)33-12-4-3-5-13-33)30-23-31(29-11-10-21-44-27-29)25-32(24-30)38-16-8-9-22-45-38/h3-27H,1-2H3. The molecule has 46 heavy (non-hydrogen) atoms. The van der Waals surface area contributed by atoms with E-state index in [2.05, 4.69) is 139 Å². The van der Waals surface area contributed by atoms with Crippen molar-refractivity contribution in [3.05, 3.63) is 163 Å². The smallest absolute Gasteiger partial charge is 0.0702 e. The summed E-state index contributed by atoms with van der Waals surface area (Å²) in [5.41, 5.74) is 15.5. The Morgan fingerprint density at radius 3 is 2.11 bits per heavy atom. The minimum Gasteiger partial charge on any atom is -0.309 e. The van der Waals surface area contributed by atoms with Crippen LogP contribution in [0.4, 0.5) is 0 Å². The fraction of sp³-hybridized carbons (Fsp3) is 0.0698. The number of benzene rings is 5. The van der Waals surface area contributed by atoms with Crippen molar-refractivity contribution in [3.8, 4) is 50.3 Å². The first-order valence-electron chi connectivity index (χ1n) is 15.8. The lowest BCUT2D eigenvalue weighted by Crippen LogP contribution is -2.15. The summed E-state index contributed by atoms with van der Waals surface area (Å²) in [6.45, 7) is 4.76. The Morgan fingerprint density at radius 2 is 1.30 bits per heavy atom. The molecule has 0 saturated carbocycles. The molecule has 1 aliphatic carbocycles. The normalized spacial score (nSPS) is 13.2. The van der Waals surface area contributed by atoms with Gasteiger partial charge in [0.2, 0.25) is 0 Å². The van der Waals surface area contributed by atoms with E-state index in [1.165, 1.54) is 55.3 Å². The molecule has 9 rings (SSSR count). The van der Waals surface area contributed by atoms with Gasteiger partial charge in [0.15, 0.2) is 0 Å². The van der Waals surface area contributed by atoms with Crippen LogP contribution < -0.4 is 0 Å². The van der Waals surface area contributed by atoms with Gasteiger partial charge in [0, 0.05) is 51.6 Å². The van der Waals surface area contributed by atoms with E-state index in [0.717, 1.165) is 27.9 Å². The lowest BCUT2D eigenvalue weighted by molar-refractivity contribution is 0.666. The maximum absolute atomic E-state index is 4.70. The molecule has 0 unspecified atom stereocenters. The highest BCUT2D eigenvalue weighted by atomic mass is 15.0. The van der Waals surface area contributed by atoms with Gasteiger partial charge in [0.1, 0.15) is 0 Å². The zero-order valence-corrected chi connectivity index (χ0v) is 25.8. The fourth-order valence-corrected chi connectivity index (χ4v) is 7.59. The molecule has 0 bridgehead atoms. The van der Waals surface area contributed by atoms with Crippen LogP contribution in [-0.4, -0.2) is 14.5 Å². The van der Waals surface area contributed by atoms with Crippen molar-refractivity contribution in [2.24, 2.45) is 0 Å². The Morgan fingerprint density at radius 1 is 0.543 bits per heavy atom. The van der Waals surface area contributed by atoms with Gasteiger partial charge in [-0.3, -0.25) is 9.97 Å². The summed E-state index contributed by atoms with van der Waals surface area (Å²) in [4.78, 5) is 9.12. The van der Waals surface area contributed by atoms with Crippen LogP contribution in [0.25, 0.3) is 72.1 Å². The molecule has 3 heterocycles. The van der Waals surface area contributed by atoms with Gasteiger partial charge in [0.05, 0.1) is 16.7 Å². The van der Waals surface area contributed by atoms with E-state index in [0.29, 0.717) is 0 Å². The Bertz CT molecular complexity index is 2360. The molecule has 5 aromatic carbocycles. The minimum absolute atomic E-state index is 0.135. The average molecular weight is 590 g/mol. The topological polar surface area (TPSA) is 30.7 Å². The number of nitrogens with zero attached hydrogens (tertiary/aromatic N) is 3. The SMILES string of the molecule is CC1(C)c2ccccc2-c2ccc3c(c21)c1cc(-c2cc(-c4cccnc4)cc(-c4ccccn4)c2)ccc1n3-c1ccccc1. The largest absolute Gasteiger partial charge is 0.309 e. The van der Waals surface area contributed by atoms with Gasteiger partial charge < -0.3 is 4.57 Å². The number of hydrogen-bond donors (Lipinski definition) is 0. The molecule has 218 valence electrons. The van der Waals surface area contributed by atoms with E-state index < -0.39 is 0 Å². The maximum Gasteiger partial charge on any atom is 0.0702 e. The summed E-state index contributed by atoms with van der Waals surface area (Å²) < 4.78 is 2.43. The second-order valence-electron chi connectivity index (χ2n) is 12.7. The van der Waals surface area contributed by atoms with Crippen molar-refractivity contribution in [3.63, 3.8) is 0 Å². The quantitative estimate of drug-likeness (QED) is 0.204. The Hall–Kier alpha value is -5.80. The van der Waals surface area contributed by atoms with Crippen molar-refractivity contribution in [2.75, 3.05) is 0 Å². The summed E-state index contributed by atoms with van der Waals surface area (Å²) in [7, 11) is 0. The third-order valence-corrected chi connectivity index (χ3v) is 9.68. The van der Waals surface area contributed by atoms with Crippen molar-refractivity contribution < 1.29 is 0 Å². The first kappa shape index (κ1) is 26.6. The van der Waals surface area contributed by atoms with Gasteiger partial charge in [-0.2, -0.15) is 0 Å². The number of para-hydroxylation sites is 1. The predicted octanol–water partition coefficient (Wildman–Crippen LogP) is 10.9. The number of fused-ring (bicyclic) bond motifs is 7. The average Bonchev–Trinajstić information content (AvgIpc) is 3.57. The fourth-order valence-electron chi connectivity index (χ4n) is 7.59. The van der Waals surface area contributed by atoms with E-state index >= 15 is 0 Å². The van der Waals surface area contributed by atoms with Gasteiger partial charge in [0.25, 0.3) is 0 Å². The van der Waals surface area contributed by atoms with Gasteiger partial charge in [-0.1, -0.05) is 80.6 Å². The molecule has 0 atom stereocenters. The maximum atomic E-state index is 4.70. The Balaban J connectivity index is 1.35. The lowest BCUT2D eigenvalue weighted by atomic mass is 9.80. The summed E-state index contributed by atoms with van der Waals surface area (Å²) >= 11 is 0. The van der Waals surface area contributed by atoms with Crippen LogP contribution in [0, 0.1) is 0 Å². The van der Waals surface area contributed by atoms with E-state index in [9.17, 15) is 0 Å². The molecule has 3 nitrogen and oxygen atoms in total. The van der Waals surface area contributed by atoms with E-state index in [4.69, 9.17) is 4.98 Å². The third-order valence-electron chi connectivity index (χ3n) is 9.68. The molecule has 3 heteroatoms. The Kier molecular flexibility index (Phi) is 5.85. The zero-order valence-electron chi connectivity index (χ0n) is 25.8. The lowest BCUT2D eigenvalue weighted by Gasteiger charge is -2.22. The van der Waals surface area contributed by atoms with Crippen LogP contribution in [0.2, 0.25) is 0 Å². The number of hydrogen-bond acceptors (Lipinski definition) is 2. The summed E-state index contributed by atoms with van der Waals surface area (Å²) in [5, 5.41) is 2.59. The molecular formula is C43H31N3. The second kappa shape index (κ2) is 10.1. The molecule has 0 amide bonds. The number of pyridine rings is 2. The molecular weight excluding hydrogens is 558 g/mol. The number of aromatic nitrogens is 3. The molecule has 1 aliphatic rings. The van der Waals surface area contributed by atoms with Crippen molar-refractivity contribution in [2.45, 2.75) is 19.3 Å². The molecule has 0 saturated heterocycles. The van der Waals surface area contributed by atoms with Crippen LogP contribution in [0.5, 0.6) is 0 Å². The molecule has 0 spiro atoms. The third kappa shape index (κ3) is 3.98. The van der Waals surface area contributed by atoms with Gasteiger partial charge >= 0.3 is 0 Å². The summed E-state index contributed by atoms with van der Waals surface area (Å²) in [5.74, 6) is 0. The van der Waals surface area contributed by atoms with Gasteiger partial charge in [-0.25, -0.2) is 0 Å². The van der Waals surface area contributed by atoms with Gasteiger partial charge in [-0.15, -0.1) is 0 Å². The van der Waals surface area contributed by atoms with E-state index in [-0.39, 0.29) is 5.41 Å². The highest BCUT2D eigenvalue weighted by molar-refractivity contribution is 6.15. The first-order chi connectivity index (χ1) is 22.6. The minimum atomic E-state index is -0.135. The highest BCUT2D eigenvalue weighted by Gasteiger charge is 2.38.